The van der Waals surface area contributed by atoms with Gasteiger partial charge >= 0.3 is 6.18 Å². The summed E-state index contributed by atoms with van der Waals surface area (Å²) >= 11 is 6.06. The van der Waals surface area contributed by atoms with Crippen LogP contribution in [0.25, 0.3) is 11.3 Å². The van der Waals surface area contributed by atoms with Gasteiger partial charge in [-0.1, -0.05) is 30.7 Å². The van der Waals surface area contributed by atoms with Gasteiger partial charge in [0.15, 0.2) is 0 Å². The van der Waals surface area contributed by atoms with Crippen LogP contribution in [0.15, 0.2) is 24.3 Å². The third-order valence-electron chi connectivity index (χ3n) is 3.07. The van der Waals surface area contributed by atoms with Crippen molar-refractivity contribution in [3.63, 3.8) is 0 Å². The summed E-state index contributed by atoms with van der Waals surface area (Å²) < 4.78 is 38.4. The number of nitrogens with zero attached hydrogens (tertiary/aromatic N) is 2. The van der Waals surface area contributed by atoms with Gasteiger partial charge in [-0.15, -0.1) is 0 Å². The van der Waals surface area contributed by atoms with E-state index in [-0.39, 0.29) is 5.15 Å². The van der Waals surface area contributed by atoms with Gasteiger partial charge in [0.2, 0.25) is 0 Å². The molecular formula is C15H14ClF3N2. The van der Waals surface area contributed by atoms with Crippen LogP contribution in [0, 0.1) is 6.92 Å². The zero-order valence-corrected chi connectivity index (χ0v) is 12.4. The van der Waals surface area contributed by atoms with Crippen LogP contribution < -0.4 is 0 Å². The summed E-state index contributed by atoms with van der Waals surface area (Å²) in [6, 6.07) is 5.08. The van der Waals surface area contributed by atoms with E-state index in [1.807, 2.05) is 6.92 Å². The first-order valence-corrected chi connectivity index (χ1v) is 6.91. The van der Waals surface area contributed by atoms with Crippen LogP contribution in [-0.2, 0) is 12.6 Å². The molecule has 2 nitrogen and oxygen atoms in total. The molecule has 0 fully saturated rings. The van der Waals surface area contributed by atoms with Crippen LogP contribution in [0.2, 0.25) is 5.15 Å². The van der Waals surface area contributed by atoms with Gasteiger partial charge in [-0.25, -0.2) is 9.97 Å². The standard InChI is InChI=1S/C15H14ClF3N2/c1-3-5-12-20-13(9(2)14(16)21-12)10-6-4-7-11(8-10)15(17,18)19/h4,6-8H,3,5H2,1-2H3. The molecule has 0 aliphatic rings. The number of halogens is 4. The maximum absolute atomic E-state index is 12.8. The minimum absolute atomic E-state index is 0.279. The molecule has 6 heteroatoms. The zero-order chi connectivity index (χ0) is 15.6. The largest absolute Gasteiger partial charge is 0.416 e. The van der Waals surface area contributed by atoms with E-state index in [2.05, 4.69) is 9.97 Å². The number of hydrogen-bond donors (Lipinski definition) is 0. The molecule has 0 N–H and O–H groups in total. The molecule has 1 aromatic heterocycles. The molecule has 0 aliphatic heterocycles. The van der Waals surface area contributed by atoms with Crippen molar-refractivity contribution in [3.8, 4) is 11.3 Å². The van der Waals surface area contributed by atoms with E-state index in [4.69, 9.17) is 11.6 Å². The topological polar surface area (TPSA) is 25.8 Å². The van der Waals surface area contributed by atoms with E-state index < -0.39 is 11.7 Å². The van der Waals surface area contributed by atoms with E-state index in [0.717, 1.165) is 18.6 Å². The normalized spacial score (nSPS) is 11.7. The summed E-state index contributed by atoms with van der Waals surface area (Å²) in [6.45, 7) is 3.68. The summed E-state index contributed by atoms with van der Waals surface area (Å²) in [7, 11) is 0. The first-order chi connectivity index (χ1) is 9.82. The number of hydrogen-bond acceptors (Lipinski definition) is 2. The van der Waals surface area contributed by atoms with Crippen LogP contribution in [0.4, 0.5) is 13.2 Å². The van der Waals surface area contributed by atoms with E-state index in [1.54, 1.807) is 13.0 Å². The van der Waals surface area contributed by atoms with E-state index in [9.17, 15) is 13.2 Å². The summed E-state index contributed by atoms with van der Waals surface area (Å²) in [6.07, 6.45) is -2.92. The van der Waals surface area contributed by atoms with Crippen LogP contribution in [-0.4, -0.2) is 9.97 Å². The van der Waals surface area contributed by atoms with Gasteiger partial charge in [-0.3, -0.25) is 0 Å². The van der Waals surface area contributed by atoms with Crippen molar-refractivity contribution < 1.29 is 13.2 Å². The molecule has 0 spiro atoms. The molecule has 0 unspecified atom stereocenters. The number of alkyl halides is 3. The highest BCUT2D eigenvalue weighted by Crippen LogP contribution is 2.33. The lowest BCUT2D eigenvalue weighted by Crippen LogP contribution is -2.05. The molecule has 112 valence electrons. The van der Waals surface area contributed by atoms with Crippen LogP contribution in [0.1, 0.15) is 30.3 Å². The molecule has 0 saturated heterocycles. The molecule has 0 amide bonds. The Hall–Kier alpha value is -1.62. The second-order valence-corrected chi connectivity index (χ2v) is 5.09. The van der Waals surface area contributed by atoms with Crippen LogP contribution >= 0.6 is 11.6 Å². The summed E-state index contributed by atoms with van der Waals surface area (Å²) in [4.78, 5) is 8.51. The third-order valence-corrected chi connectivity index (χ3v) is 3.44. The molecule has 0 atom stereocenters. The van der Waals surface area contributed by atoms with Crippen LogP contribution in [0.5, 0.6) is 0 Å². The number of aromatic nitrogens is 2. The molecule has 1 aromatic carbocycles. The Morgan fingerprint density at radius 1 is 1.19 bits per heavy atom. The fraction of sp³-hybridized carbons (Fsp3) is 0.333. The second-order valence-electron chi connectivity index (χ2n) is 4.73. The Morgan fingerprint density at radius 3 is 2.52 bits per heavy atom. The highest BCUT2D eigenvalue weighted by atomic mass is 35.5. The number of aryl methyl sites for hydroxylation is 1. The van der Waals surface area contributed by atoms with E-state index in [1.165, 1.54) is 6.07 Å². The zero-order valence-electron chi connectivity index (χ0n) is 11.6. The third kappa shape index (κ3) is 3.53. The molecule has 0 bridgehead atoms. The van der Waals surface area contributed by atoms with Crippen molar-refractivity contribution in [2.75, 3.05) is 0 Å². The predicted octanol–water partition coefficient (Wildman–Crippen LogP) is 5.08. The van der Waals surface area contributed by atoms with Crippen molar-refractivity contribution in [3.05, 3.63) is 46.4 Å². The Kier molecular flexibility index (Phi) is 4.52. The van der Waals surface area contributed by atoms with E-state index >= 15 is 0 Å². The molecule has 1 heterocycles. The SMILES string of the molecule is CCCc1nc(Cl)c(C)c(-c2cccc(C(F)(F)F)c2)n1. The minimum atomic E-state index is -4.38. The van der Waals surface area contributed by atoms with Crippen LogP contribution in [0.3, 0.4) is 0 Å². The van der Waals surface area contributed by atoms with Crippen molar-refractivity contribution in [2.45, 2.75) is 32.9 Å². The minimum Gasteiger partial charge on any atom is -0.233 e. The lowest BCUT2D eigenvalue weighted by molar-refractivity contribution is -0.137. The van der Waals surface area contributed by atoms with Gasteiger partial charge in [0.1, 0.15) is 11.0 Å². The smallest absolute Gasteiger partial charge is 0.233 e. The monoisotopic (exact) mass is 314 g/mol. The van der Waals surface area contributed by atoms with Crippen molar-refractivity contribution in [2.24, 2.45) is 0 Å². The maximum Gasteiger partial charge on any atom is 0.416 e. The molecule has 0 saturated carbocycles. The summed E-state index contributed by atoms with van der Waals surface area (Å²) in [5, 5.41) is 0.279. The molecule has 0 radical (unpaired) electrons. The Morgan fingerprint density at radius 2 is 1.90 bits per heavy atom. The van der Waals surface area contributed by atoms with Gasteiger partial charge in [-0.05, 0) is 25.5 Å². The van der Waals surface area contributed by atoms with Gasteiger partial charge in [0.25, 0.3) is 0 Å². The fourth-order valence-corrected chi connectivity index (χ4v) is 2.18. The maximum atomic E-state index is 12.8. The van der Waals surface area contributed by atoms with Gasteiger partial charge in [-0.2, -0.15) is 13.2 Å². The average molecular weight is 315 g/mol. The Bertz CT molecular complexity index is 654. The molecule has 21 heavy (non-hydrogen) atoms. The van der Waals surface area contributed by atoms with Gasteiger partial charge in [0.05, 0.1) is 11.3 Å². The molecule has 2 rings (SSSR count). The Balaban J connectivity index is 2.56. The fourth-order valence-electron chi connectivity index (χ4n) is 1.99. The lowest BCUT2D eigenvalue weighted by atomic mass is 10.0. The summed E-state index contributed by atoms with van der Waals surface area (Å²) in [5.41, 5.74) is 0.718. The highest BCUT2D eigenvalue weighted by Gasteiger charge is 2.30. The quantitative estimate of drug-likeness (QED) is 0.739. The first kappa shape index (κ1) is 15.8. The van der Waals surface area contributed by atoms with Crippen molar-refractivity contribution in [1.82, 2.24) is 9.97 Å². The predicted molar refractivity (Wildman–Crippen MR) is 76.2 cm³/mol. The first-order valence-electron chi connectivity index (χ1n) is 6.53. The highest BCUT2D eigenvalue weighted by molar-refractivity contribution is 6.30. The Labute approximate surface area is 126 Å². The molecule has 2 aromatic rings. The lowest BCUT2D eigenvalue weighted by Gasteiger charge is -2.12. The van der Waals surface area contributed by atoms with Crippen molar-refractivity contribution in [1.29, 1.82) is 0 Å². The van der Waals surface area contributed by atoms with Gasteiger partial charge < -0.3 is 0 Å². The molecule has 0 aliphatic carbocycles. The summed E-state index contributed by atoms with van der Waals surface area (Å²) in [5.74, 6) is 0.542. The van der Waals surface area contributed by atoms with Crippen molar-refractivity contribution >= 4 is 11.6 Å². The molecular weight excluding hydrogens is 301 g/mol. The second kappa shape index (κ2) is 6.02. The number of benzene rings is 1. The average Bonchev–Trinajstić information content (AvgIpc) is 2.42. The number of rotatable bonds is 3. The van der Waals surface area contributed by atoms with Gasteiger partial charge in [0, 0.05) is 17.5 Å². The van der Waals surface area contributed by atoms with E-state index in [0.29, 0.717) is 29.1 Å².